The van der Waals surface area contributed by atoms with E-state index in [9.17, 15) is 39.5 Å². The average Bonchev–Trinajstić information content (AvgIpc) is 2.84. The van der Waals surface area contributed by atoms with Crippen molar-refractivity contribution in [3.8, 4) is 5.75 Å². The van der Waals surface area contributed by atoms with E-state index < -0.39 is 67.6 Å². The fourth-order valence-electron chi connectivity index (χ4n) is 3.28. The Morgan fingerprint density at radius 3 is 2.15 bits per heavy atom. The molecule has 39 heavy (non-hydrogen) atoms. The van der Waals surface area contributed by atoms with Crippen LogP contribution in [0.5, 0.6) is 5.75 Å². The van der Waals surface area contributed by atoms with Gasteiger partial charge in [-0.1, -0.05) is 5.04 Å². The highest BCUT2D eigenvalue weighted by atomic mass is 32.2. The number of benzene rings is 3. The average molecular weight is 626 g/mol. The SMILES string of the molecule is COCCS(=O)(=O)c1ccc(N=Nc2cc(S(=O)(=O)O)c3cc(SOOO)cc(O)c3c2N)c(S(=O)(=O)O)c1. The van der Waals surface area contributed by atoms with E-state index >= 15 is 0 Å². The molecule has 0 bridgehead atoms. The van der Waals surface area contributed by atoms with Crippen LogP contribution in [-0.2, 0) is 44.2 Å². The second-order valence-electron chi connectivity index (χ2n) is 7.49. The number of phenols is 1. The Balaban J connectivity index is 2.21. The van der Waals surface area contributed by atoms with Crippen molar-refractivity contribution in [3.05, 3.63) is 36.4 Å². The van der Waals surface area contributed by atoms with Crippen molar-refractivity contribution in [2.24, 2.45) is 10.2 Å². The second-order valence-corrected chi connectivity index (χ2v) is 13.2. The first-order chi connectivity index (χ1) is 18.1. The molecule has 0 unspecified atom stereocenters. The van der Waals surface area contributed by atoms with Crippen molar-refractivity contribution < 1.29 is 58.8 Å². The summed E-state index contributed by atoms with van der Waals surface area (Å²) in [5, 5.41) is 29.0. The van der Waals surface area contributed by atoms with E-state index in [1.807, 2.05) is 0 Å². The summed E-state index contributed by atoms with van der Waals surface area (Å²) in [7, 11) is -12.7. The molecule has 3 rings (SSSR count). The summed E-state index contributed by atoms with van der Waals surface area (Å²) >= 11 is 0.375. The first-order valence-electron chi connectivity index (χ1n) is 10.1. The van der Waals surface area contributed by atoms with Crippen LogP contribution in [0.4, 0.5) is 17.1 Å². The topological polar surface area (TPSA) is 262 Å². The number of nitrogens with two attached hydrogens (primary N) is 1. The lowest BCUT2D eigenvalue weighted by molar-refractivity contribution is -0.432. The van der Waals surface area contributed by atoms with Crippen LogP contribution in [-0.4, -0.2) is 64.2 Å². The Labute approximate surface area is 225 Å². The molecule has 0 heterocycles. The summed E-state index contributed by atoms with van der Waals surface area (Å²) in [6.45, 7) is -0.183. The summed E-state index contributed by atoms with van der Waals surface area (Å²) in [6.07, 6.45) is 0. The number of rotatable bonds is 11. The van der Waals surface area contributed by atoms with E-state index in [1.165, 1.54) is 7.11 Å². The lowest BCUT2D eigenvalue weighted by Crippen LogP contribution is -2.12. The molecule has 0 aliphatic carbocycles. The molecule has 20 heteroatoms. The molecule has 0 atom stereocenters. The molecule has 16 nitrogen and oxygen atoms in total. The van der Waals surface area contributed by atoms with Gasteiger partial charge in [-0.3, -0.25) is 9.11 Å². The van der Waals surface area contributed by atoms with Crippen molar-refractivity contribution in [3.63, 3.8) is 0 Å². The summed E-state index contributed by atoms with van der Waals surface area (Å²) in [5.74, 6) is -1.09. The minimum atomic E-state index is -5.04. The third-order valence-corrected chi connectivity index (χ3v) is 9.01. The molecule has 3 aromatic carbocycles. The normalized spacial score (nSPS) is 12.9. The number of nitrogen functional groups attached to an aromatic ring is 1. The van der Waals surface area contributed by atoms with Gasteiger partial charge in [0.1, 0.15) is 26.9 Å². The van der Waals surface area contributed by atoms with Crippen LogP contribution in [0, 0.1) is 0 Å². The van der Waals surface area contributed by atoms with Gasteiger partial charge in [-0.2, -0.15) is 16.8 Å². The molecule has 0 saturated carbocycles. The Morgan fingerprint density at radius 1 is 0.923 bits per heavy atom. The third-order valence-electron chi connectivity index (χ3n) is 5.00. The molecule has 0 saturated heterocycles. The van der Waals surface area contributed by atoms with E-state index in [2.05, 4.69) is 19.6 Å². The van der Waals surface area contributed by atoms with Gasteiger partial charge in [0.25, 0.3) is 20.2 Å². The molecule has 3 aromatic rings. The van der Waals surface area contributed by atoms with Gasteiger partial charge in [0.2, 0.25) is 0 Å². The Bertz CT molecular complexity index is 1770. The highest BCUT2D eigenvalue weighted by Crippen LogP contribution is 2.43. The monoisotopic (exact) mass is 625 g/mol. The van der Waals surface area contributed by atoms with Gasteiger partial charge in [-0.25, -0.2) is 13.7 Å². The lowest BCUT2D eigenvalue weighted by Gasteiger charge is -2.12. The summed E-state index contributed by atoms with van der Waals surface area (Å²) in [5.41, 5.74) is 4.68. The molecular weight excluding hydrogens is 606 g/mol. The van der Waals surface area contributed by atoms with Crippen LogP contribution in [0.3, 0.4) is 0 Å². The molecule has 6 N–H and O–H groups in total. The quantitative estimate of drug-likeness (QED) is 0.0512. The predicted octanol–water partition coefficient (Wildman–Crippen LogP) is 2.88. The van der Waals surface area contributed by atoms with E-state index in [0.29, 0.717) is 18.1 Å². The second kappa shape index (κ2) is 11.7. The van der Waals surface area contributed by atoms with Gasteiger partial charge >= 0.3 is 0 Å². The van der Waals surface area contributed by atoms with Crippen LogP contribution >= 0.6 is 12.0 Å². The fourth-order valence-corrected chi connectivity index (χ4v) is 6.33. The highest BCUT2D eigenvalue weighted by molar-refractivity contribution is 7.94. The fraction of sp³-hybridized carbons (Fsp3) is 0.158. The standard InChI is InChI=1S/C19H19N3O13S4/c1-33-4-5-37(25,26)11-2-3-13(17(8-11)39(30,31)32)21-22-14-9-16(38(27,28)29)12-6-10(36-35-34-24)7-15(23)18(12)19(14)20/h2-3,6-9,23-24H,4-5,20H2,1H3,(H,27,28,29)(H,30,31,32). The zero-order chi connectivity index (χ0) is 29.2. The van der Waals surface area contributed by atoms with Gasteiger partial charge in [0, 0.05) is 17.4 Å². The molecule has 0 aromatic heterocycles. The number of nitrogens with zero attached hydrogens (tertiary/aromatic N) is 2. The molecule has 0 aliphatic heterocycles. The molecule has 0 aliphatic rings. The third kappa shape index (κ3) is 7.00. The number of azo groups is 1. The minimum absolute atomic E-state index is 0.0195. The van der Waals surface area contributed by atoms with Crippen molar-refractivity contribution in [1.82, 2.24) is 0 Å². The molecule has 0 spiro atoms. The van der Waals surface area contributed by atoms with Crippen LogP contribution in [0.15, 0.2) is 66.2 Å². The molecule has 0 fully saturated rings. The van der Waals surface area contributed by atoms with Crippen molar-refractivity contribution in [1.29, 1.82) is 0 Å². The van der Waals surface area contributed by atoms with E-state index in [1.54, 1.807) is 0 Å². The van der Waals surface area contributed by atoms with Crippen molar-refractivity contribution >= 4 is 70.0 Å². The van der Waals surface area contributed by atoms with Crippen molar-refractivity contribution in [2.45, 2.75) is 19.6 Å². The first-order valence-corrected chi connectivity index (χ1v) is 15.3. The van der Waals surface area contributed by atoms with Crippen molar-refractivity contribution in [2.75, 3.05) is 25.2 Å². The number of methoxy groups -OCH3 is 1. The molecule has 0 amide bonds. The van der Waals surface area contributed by atoms with E-state index in [-0.39, 0.29) is 28.0 Å². The van der Waals surface area contributed by atoms with E-state index in [0.717, 1.165) is 30.3 Å². The van der Waals surface area contributed by atoms with E-state index in [4.69, 9.17) is 15.7 Å². The van der Waals surface area contributed by atoms with Gasteiger partial charge in [0.15, 0.2) is 9.84 Å². The smallest absolute Gasteiger partial charge is 0.296 e. The van der Waals surface area contributed by atoms with Crippen LogP contribution in [0.2, 0.25) is 0 Å². The van der Waals surface area contributed by atoms with Crippen LogP contribution in [0.1, 0.15) is 0 Å². The summed E-state index contributed by atoms with van der Waals surface area (Å²) < 4.78 is 101. The van der Waals surface area contributed by atoms with Crippen LogP contribution in [0.25, 0.3) is 10.8 Å². The number of anilines is 1. The lowest BCUT2D eigenvalue weighted by atomic mass is 10.1. The maximum Gasteiger partial charge on any atom is 0.296 e. The minimum Gasteiger partial charge on any atom is -0.507 e. The number of phenolic OH excluding ortho intramolecular Hbond substituents is 1. The highest BCUT2D eigenvalue weighted by Gasteiger charge is 2.24. The predicted molar refractivity (Wildman–Crippen MR) is 135 cm³/mol. The summed E-state index contributed by atoms with van der Waals surface area (Å²) in [4.78, 5) is -2.17. The Morgan fingerprint density at radius 2 is 1.56 bits per heavy atom. The largest absolute Gasteiger partial charge is 0.507 e. The first kappa shape index (κ1) is 30.6. The Kier molecular flexibility index (Phi) is 9.16. The summed E-state index contributed by atoms with van der Waals surface area (Å²) in [6, 6.07) is 5.53. The van der Waals surface area contributed by atoms with Gasteiger partial charge in [-0.05, 0) is 36.4 Å². The van der Waals surface area contributed by atoms with Gasteiger partial charge < -0.3 is 15.6 Å². The number of fused-ring (bicyclic) bond motifs is 1. The van der Waals surface area contributed by atoms with Gasteiger partial charge in [0.05, 0.1) is 40.4 Å². The van der Waals surface area contributed by atoms with Gasteiger partial charge in [-0.15, -0.1) is 14.6 Å². The molecule has 0 radical (unpaired) electrons. The Hall–Kier alpha value is -2.92. The molecular formula is C19H19N3O13S4. The number of hydrogen-bond acceptors (Lipinski definition) is 15. The number of sulfone groups is 1. The van der Waals surface area contributed by atoms with Crippen LogP contribution < -0.4 is 5.73 Å². The number of ether oxygens (including phenoxy) is 1. The zero-order valence-corrected chi connectivity index (χ0v) is 22.7. The maximum absolute atomic E-state index is 12.4. The molecule has 212 valence electrons. The number of hydrogen-bond donors (Lipinski definition) is 5. The number of aromatic hydroxyl groups is 1. The maximum atomic E-state index is 12.4. The zero-order valence-electron chi connectivity index (χ0n) is 19.4.